The smallest absolute Gasteiger partial charge is 0.252 e. The summed E-state index contributed by atoms with van der Waals surface area (Å²) in [6.45, 7) is 4.83. The van der Waals surface area contributed by atoms with E-state index in [2.05, 4.69) is 9.88 Å². The summed E-state index contributed by atoms with van der Waals surface area (Å²) in [7, 11) is 0. The zero-order chi connectivity index (χ0) is 20.1. The lowest BCUT2D eigenvalue weighted by molar-refractivity contribution is -0.114. The molecule has 0 unspecified atom stereocenters. The molecule has 1 amide bonds. The van der Waals surface area contributed by atoms with Gasteiger partial charge in [0.1, 0.15) is 5.82 Å². The van der Waals surface area contributed by atoms with Gasteiger partial charge in [0.25, 0.3) is 5.91 Å². The Kier molecular flexibility index (Phi) is 6.66. The maximum absolute atomic E-state index is 13.6. The highest BCUT2D eigenvalue weighted by Crippen LogP contribution is 2.30. The minimum Gasteiger partial charge on any atom is -0.379 e. The van der Waals surface area contributed by atoms with Gasteiger partial charge in [-0.15, -0.1) is 11.3 Å². The molecule has 0 atom stereocenters. The first-order chi connectivity index (χ1) is 14.2. The van der Waals surface area contributed by atoms with E-state index in [1.165, 1.54) is 23.5 Å². The van der Waals surface area contributed by atoms with Crippen molar-refractivity contribution in [3.05, 3.63) is 52.5 Å². The van der Waals surface area contributed by atoms with Crippen molar-refractivity contribution < 1.29 is 13.9 Å². The number of hydrogen-bond acceptors (Lipinski definition) is 6. The molecule has 0 N–H and O–H groups in total. The third-order valence-corrected chi connectivity index (χ3v) is 6.61. The van der Waals surface area contributed by atoms with Crippen molar-refractivity contribution in [2.24, 2.45) is 0 Å². The van der Waals surface area contributed by atoms with Crippen LogP contribution in [0.1, 0.15) is 11.3 Å². The Hall–Kier alpha value is -2.13. The molecule has 5 nitrogen and oxygen atoms in total. The van der Waals surface area contributed by atoms with Crippen LogP contribution in [-0.4, -0.2) is 55.2 Å². The number of benzene rings is 1. The molecule has 1 saturated heterocycles. The summed E-state index contributed by atoms with van der Waals surface area (Å²) in [4.78, 5) is 22.6. The SMILES string of the molecule is O=C(C=Cc1cccs1)N(CCCN1CCOCC1)c1nc2ccc(F)cc2s1. The third kappa shape index (κ3) is 5.27. The minimum atomic E-state index is -0.296. The van der Waals surface area contributed by atoms with E-state index in [0.29, 0.717) is 17.2 Å². The maximum atomic E-state index is 13.6. The molecule has 2 aromatic heterocycles. The van der Waals surface area contributed by atoms with Gasteiger partial charge in [-0.2, -0.15) is 0 Å². The van der Waals surface area contributed by atoms with Crippen molar-refractivity contribution in [3.63, 3.8) is 0 Å². The van der Waals surface area contributed by atoms with E-state index in [0.717, 1.165) is 48.8 Å². The van der Waals surface area contributed by atoms with Crippen molar-refractivity contribution in [1.29, 1.82) is 0 Å². The molecule has 1 fully saturated rings. The first kappa shape index (κ1) is 20.2. The number of carbonyl (C=O) groups excluding carboxylic acids is 1. The second kappa shape index (κ2) is 9.58. The number of carbonyl (C=O) groups is 1. The molecule has 0 spiro atoms. The van der Waals surface area contributed by atoms with Gasteiger partial charge in [-0.1, -0.05) is 17.4 Å². The molecule has 1 aromatic carbocycles. The van der Waals surface area contributed by atoms with Gasteiger partial charge >= 0.3 is 0 Å². The molecular weight excluding hydrogens is 409 g/mol. The van der Waals surface area contributed by atoms with Crippen LogP contribution in [-0.2, 0) is 9.53 Å². The topological polar surface area (TPSA) is 45.7 Å². The Balaban J connectivity index is 1.50. The van der Waals surface area contributed by atoms with E-state index >= 15 is 0 Å². The van der Waals surface area contributed by atoms with E-state index in [1.807, 2.05) is 23.6 Å². The normalized spacial score (nSPS) is 15.3. The number of thiazole rings is 1. The molecule has 0 bridgehead atoms. The molecular formula is C21H22FN3O2S2. The molecule has 3 aromatic rings. The summed E-state index contributed by atoms with van der Waals surface area (Å²) >= 11 is 2.93. The molecule has 0 aliphatic carbocycles. The van der Waals surface area contributed by atoms with Gasteiger partial charge < -0.3 is 4.74 Å². The van der Waals surface area contributed by atoms with E-state index in [4.69, 9.17) is 4.74 Å². The lowest BCUT2D eigenvalue weighted by atomic mass is 10.3. The monoisotopic (exact) mass is 431 g/mol. The number of ether oxygens (including phenoxy) is 1. The van der Waals surface area contributed by atoms with Crippen molar-refractivity contribution >= 4 is 50.0 Å². The van der Waals surface area contributed by atoms with Crippen LogP contribution in [0.4, 0.5) is 9.52 Å². The number of fused-ring (bicyclic) bond motifs is 1. The fourth-order valence-electron chi connectivity index (χ4n) is 3.21. The second-order valence-corrected chi connectivity index (χ2v) is 8.74. The highest BCUT2D eigenvalue weighted by Gasteiger charge is 2.19. The molecule has 0 saturated carbocycles. The Bertz CT molecular complexity index is 981. The molecule has 0 radical (unpaired) electrons. The number of anilines is 1. The zero-order valence-corrected chi connectivity index (χ0v) is 17.6. The third-order valence-electron chi connectivity index (χ3n) is 4.73. The average Bonchev–Trinajstić information content (AvgIpc) is 3.39. The maximum Gasteiger partial charge on any atom is 0.252 e. The van der Waals surface area contributed by atoms with Crippen LogP contribution >= 0.6 is 22.7 Å². The average molecular weight is 432 g/mol. The fourth-order valence-corrected chi connectivity index (χ4v) is 4.85. The lowest BCUT2D eigenvalue weighted by Gasteiger charge is -2.27. The second-order valence-electron chi connectivity index (χ2n) is 6.75. The van der Waals surface area contributed by atoms with E-state index in [9.17, 15) is 9.18 Å². The number of amides is 1. The quantitative estimate of drug-likeness (QED) is 0.524. The van der Waals surface area contributed by atoms with Gasteiger partial charge in [0.2, 0.25) is 0 Å². The van der Waals surface area contributed by atoms with Crippen molar-refractivity contribution in [2.75, 3.05) is 44.3 Å². The van der Waals surface area contributed by atoms with Gasteiger partial charge in [0, 0.05) is 37.1 Å². The van der Waals surface area contributed by atoms with Gasteiger partial charge in [-0.25, -0.2) is 9.37 Å². The van der Waals surface area contributed by atoms with Crippen LogP contribution in [0.3, 0.4) is 0 Å². The van der Waals surface area contributed by atoms with Crippen LogP contribution in [0.15, 0.2) is 41.8 Å². The first-order valence-electron chi connectivity index (χ1n) is 9.58. The van der Waals surface area contributed by atoms with Crippen molar-refractivity contribution in [3.8, 4) is 0 Å². The van der Waals surface area contributed by atoms with E-state index < -0.39 is 0 Å². The van der Waals surface area contributed by atoms with Crippen LogP contribution < -0.4 is 4.90 Å². The summed E-state index contributed by atoms with van der Waals surface area (Å²) in [6.07, 6.45) is 4.26. The molecule has 152 valence electrons. The number of aromatic nitrogens is 1. The molecule has 1 aliphatic rings. The Morgan fingerprint density at radius 3 is 2.97 bits per heavy atom. The molecule has 3 heterocycles. The van der Waals surface area contributed by atoms with Crippen LogP contribution in [0.2, 0.25) is 0 Å². The highest BCUT2D eigenvalue weighted by atomic mass is 32.1. The van der Waals surface area contributed by atoms with Gasteiger partial charge in [-0.3, -0.25) is 14.6 Å². The summed E-state index contributed by atoms with van der Waals surface area (Å²) in [6, 6.07) is 8.44. The Morgan fingerprint density at radius 2 is 2.17 bits per heavy atom. The summed E-state index contributed by atoms with van der Waals surface area (Å²) in [5.74, 6) is -0.407. The molecule has 8 heteroatoms. The number of halogens is 1. The van der Waals surface area contributed by atoms with Gasteiger partial charge in [0.15, 0.2) is 5.13 Å². The van der Waals surface area contributed by atoms with Crippen molar-refractivity contribution in [1.82, 2.24) is 9.88 Å². The molecule has 1 aliphatic heterocycles. The fraction of sp³-hybridized carbons (Fsp3) is 0.333. The summed E-state index contributed by atoms with van der Waals surface area (Å²) < 4.78 is 19.7. The number of morpholine rings is 1. The van der Waals surface area contributed by atoms with E-state index in [1.54, 1.807) is 28.4 Å². The number of nitrogens with zero attached hydrogens (tertiary/aromatic N) is 3. The number of hydrogen-bond donors (Lipinski definition) is 0. The predicted octanol–water partition coefficient (Wildman–Crippen LogP) is 4.27. The summed E-state index contributed by atoms with van der Waals surface area (Å²) in [5.41, 5.74) is 0.708. The number of thiophene rings is 1. The molecule has 29 heavy (non-hydrogen) atoms. The predicted molar refractivity (Wildman–Crippen MR) is 117 cm³/mol. The van der Waals surface area contributed by atoms with Gasteiger partial charge in [0.05, 0.1) is 23.4 Å². The molecule has 4 rings (SSSR count). The van der Waals surface area contributed by atoms with Gasteiger partial charge in [-0.05, 0) is 42.1 Å². The first-order valence-corrected chi connectivity index (χ1v) is 11.3. The summed E-state index contributed by atoms with van der Waals surface area (Å²) in [5, 5.41) is 2.58. The van der Waals surface area contributed by atoms with E-state index in [-0.39, 0.29) is 11.7 Å². The van der Waals surface area contributed by atoms with Crippen molar-refractivity contribution in [2.45, 2.75) is 6.42 Å². The zero-order valence-electron chi connectivity index (χ0n) is 15.9. The highest BCUT2D eigenvalue weighted by molar-refractivity contribution is 7.22. The number of rotatable bonds is 7. The van der Waals surface area contributed by atoms with Crippen LogP contribution in [0.5, 0.6) is 0 Å². The Labute approximate surface area is 177 Å². The minimum absolute atomic E-state index is 0.111. The lowest BCUT2D eigenvalue weighted by Crippen LogP contribution is -2.39. The van der Waals surface area contributed by atoms with Crippen LogP contribution in [0.25, 0.3) is 16.3 Å². The Morgan fingerprint density at radius 1 is 1.31 bits per heavy atom. The van der Waals surface area contributed by atoms with Crippen LogP contribution in [0, 0.1) is 5.82 Å². The standard InChI is InChI=1S/C21H22FN3O2S2/c22-16-4-6-18-19(15-16)29-21(23-18)25(9-2-8-24-10-12-27-13-11-24)20(26)7-5-17-3-1-14-28-17/h1,3-7,14-15H,2,8-13H2. The largest absolute Gasteiger partial charge is 0.379 e.